The lowest BCUT2D eigenvalue weighted by atomic mass is 9.99. The van der Waals surface area contributed by atoms with Crippen molar-refractivity contribution in [3.8, 4) is 0 Å². The molecule has 0 fully saturated rings. The third-order valence-corrected chi connectivity index (χ3v) is 3.02. The molecule has 1 N–H and O–H groups in total. The molecular formula is C13H11BrN2O2. The third-order valence-electron chi connectivity index (χ3n) is 2.52. The molecule has 1 atom stereocenters. The van der Waals surface area contributed by atoms with E-state index in [2.05, 4.69) is 25.9 Å². The summed E-state index contributed by atoms with van der Waals surface area (Å²) in [5, 5.41) is 9.27. The normalized spacial score (nSPS) is 12.1. The van der Waals surface area contributed by atoms with E-state index in [1.807, 2.05) is 24.3 Å². The van der Waals surface area contributed by atoms with Gasteiger partial charge in [-0.3, -0.25) is 4.79 Å². The summed E-state index contributed by atoms with van der Waals surface area (Å²) in [7, 11) is 0. The van der Waals surface area contributed by atoms with Crippen LogP contribution in [0, 0.1) is 0 Å². The highest BCUT2D eigenvalue weighted by Crippen LogP contribution is 2.20. The summed E-state index contributed by atoms with van der Waals surface area (Å²) in [6.45, 7) is 0. The predicted molar refractivity (Wildman–Crippen MR) is 70.3 cm³/mol. The lowest BCUT2D eigenvalue weighted by Gasteiger charge is -2.10. The number of hydrogen-bond acceptors (Lipinski definition) is 3. The van der Waals surface area contributed by atoms with Gasteiger partial charge >= 0.3 is 5.97 Å². The van der Waals surface area contributed by atoms with Crippen molar-refractivity contribution < 1.29 is 9.90 Å². The van der Waals surface area contributed by atoms with Crippen molar-refractivity contribution in [2.75, 3.05) is 0 Å². The molecule has 0 aliphatic carbocycles. The number of hydrogen-bond donors (Lipinski definition) is 1. The molecular weight excluding hydrogens is 296 g/mol. The SMILES string of the molecule is O=C(O)C(Cc1cccc(Br)c1)c1ncccn1. The second kappa shape index (κ2) is 5.73. The van der Waals surface area contributed by atoms with Crippen molar-refractivity contribution in [1.29, 1.82) is 0 Å². The number of nitrogens with zero attached hydrogens (tertiary/aromatic N) is 2. The molecule has 0 aliphatic rings. The number of carboxylic acids is 1. The van der Waals surface area contributed by atoms with Gasteiger partial charge in [0.15, 0.2) is 0 Å². The molecule has 18 heavy (non-hydrogen) atoms. The highest BCUT2D eigenvalue weighted by molar-refractivity contribution is 9.10. The van der Waals surface area contributed by atoms with E-state index in [9.17, 15) is 9.90 Å². The molecule has 0 aliphatic heterocycles. The van der Waals surface area contributed by atoms with E-state index in [1.165, 1.54) is 0 Å². The lowest BCUT2D eigenvalue weighted by molar-refractivity contribution is -0.139. The Morgan fingerprint density at radius 1 is 1.28 bits per heavy atom. The van der Waals surface area contributed by atoms with Crippen LogP contribution in [0.4, 0.5) is 0 Å². The minimum absolute atomic E-state index is 0.338. The standard InChI is InChI=1S/C13H11BrN2O2/c14-10-4-1-3-9(7-10)8-11(13(17)18)12-15-5-2-6-16-12/h1-7,11H,8H2,(H,17,18). The lowest BCUT2D eigenvalue weighted by Crippen LogP contribution is -2.17. The van der Waals surface area contributed by atoms with Gasteiger partial charge in [-0.2, -0.15) is 0 Å². The van der Waals surface area contributed by atoms with Crippen LogP contribution in [0.1, 0.15) is 17.3 Å². The van der Waals surface area contributed by atoms with Crippen LogP contribution in [0.15, 0.2) is 47.2 Å². The van der Waals surface area contributed by atoms with Gasteiger partial charge in [0.2, 0.25) is 0 Å². The smallest absolute Gasteiger partial charge is 0.314 e. The average molecular weight is 307 g/mol. The van der Waals surface area contributed by atoms with E-state index in [-0.39, 0.29) is 0 Å². The molecule has 92 valence electrons. The number of benzene rings is 1. The predicted octanol–water partition coefficient (Wildman–Crippen LogP) is 2.65. The molecule has 1 aromatic carbocycles. The summed E-state index contributed by atoms with van der Waals surface area (Å²) in [4.78, 5) is 19.3. The Morgan fingerprint density at radius 3 is 2.61 bits per heavy atom. The van der Waals surface area contributed by atoms with E-state index >= 15 is 0 Å². The van der Waals surface area contributed by atoms with Crippen molar-refractivity contribution in [2.45, 2.75) is 12.3 Å². The van der Waals surface area contributed by atoms with Crippen molar-refractivity contribution >= 4 is 21.9 Å². The van der Waals surface area contributed by atoms with Crippen molar-refractivity contribution in [3.63, 3.8) is 0 Å². The topological polar surface area (TPSA) is 63.1 Å². The maximum absolute atomic E-state index is 11.3. The van der Waals surface area contributed by atoms with Gasteiger partial charge in [-0.25, -0.2) is 9.97 Å². The number of halogens is 1. The van der Waals surface area contributed by atoms with E-state index in [4.69, 9.17) is 0 Å². The van der Waals surface area contributed by atoms with E-state index < -0.39 is 11.9 Å². The van der Waals surface area contributed by atoms with Gasteiger partial charge in [0.1, 0.15) is 11.7 Å². The second-order valence-corrected chi connectivity index (χ2v) is 4.75. The average Bonchev–Trinajstić information content (AvgIpc) is 2.37. The van der Waals surface area contributed by atoms with Gasteiger partial charge in [-0.15, -0.1) is 0 Å². The number of aromatic nitrogens is 2. The second-order valence-electron chi connectivity index (χ2n) is 3.83. The molecule has 1 aromatic heterocycles. The Kier molecular flexibility index (Phi) is 4.04. The molecule has 0 saturated heterocycles. The van der Waals surface area contributed by atoms with Crippen molar-refractivity contribution in [1.82, 2.24) is 9.97 Å². The van der Waals surface area contributed by atoms with E-state index in [0.29, 0.717) is 12.2 Å². The summed E-state index contributed by atoms with van der Waals surface area (Å²) in [6, 6.07) is 9.24. The molecule has 4 nitrogen and oxygen atoms in total. The summed E-state index contributed by atoms with van der Waals surface area (Å²) < 4.78 is 0.929. The minimum atomic E-state index is -0.916. The quantitative estimate of drug-likeness (QED) is 0.943. The third kappa shape index (κ3) is 3.13. The van der Waals surface area contributed by atoms with Crippen LogP contribution >= 0.6 is 15.9 Å². The molecule has 0 spiro atoms. The minimum Gasteiger partial charge on any atom is -0.481 e. The summed E-state index contributed by atoms with van der Waals surface area (Å²) in [6.07, 6.45) is 3.48. The Morgan fingerprint density at radius 2 is 2.00 bits per heavy atom. The first-order chi connectivity index (χ1) is 8.66. The van der Waals surface area contributed by atoms with Crippen LogP contribution in [0.3, 0.4) is 0 Å². The monoisotopic (exact) mass is 306 g/mol. The van der Waals surface area contributed by atoms with Gasteiger partial charge in [-0.05, 0) is 30.2 Å². The fraction of sp³-hybridized carbons (Fsp3) is 0.154. The highest BCUT2D eigenvalue weighted by atomic mass is 79.9. The van der Waals surface area contributed by atoms with Gasteiger partial charge in [0.25, 0.3) is 0 Å². The molecule has 1 heterocycles. The maximum Gasteiger partial charge on any atom is 0.314 e. The highest BCUT2D eigenvalue weighted by Gasteiger charge is 2.22. The van der Waals surface area contributed by atoms with Gasteiger partial charge < -0.3 is 5.11 Å². The Bertz CT molecular complexity index is 546. The number of rotatable bonds is 4. The van der Waals surface area contributed by atoms with Crippen molar-refractivity contribution in [2.24, 2.45) is 0 Å². The number of aliphatic carboxylic acids is 1. The zero-order valence-electron chi connectivity index (χ0n) is 9.45. The van der Waals surface area contributed by atoms with Crippen molar-refractivity contribution in [3.05, 3.63) is 58.6 Å². The molecule has 0 saturated carbocycles. The zero-order valence-corrected chi connectivity index (χ0v) is 11.0. The Balaban J connectivity index is 2.25. The van der Waals surface area contributed by atoms with Crippen LogP contribution in [0.5, 0.6) is 0 Å². The first kappa shape index (κ1) is 12.7. The van der Waals surface area contributed by atoms with E-state index in [1.54, 1.807) is 18.5 Å². The molecule has 2 rings (SSSR count). The Labute approximate surface area is 113 Å². The molecule has 0 bridgehead atoms. The molecule has 5 heteroatoms. The molecule has 2 aromatic rings. The van der Waals surface area contributed by atoms with Crippen LogP contribution in [-0.2, 0) is 11.2 Å². The first-order valence-electron chi connectivity index (χ1n) is 5.41. The van der Waals surface area contributed by atoms with Crippen LogP contribution in [-0.4, -0.2) is 21.0 Å². The fourth-order valence-corrected chi connectivity index (χ4v) is 2.13. The van der Waals surface area contributed by atoms with Gasteiger partial charge in [0, 0.05) is 16.9 Å². The van der Waals surface area contributed by atoms with Crippen LogP contribution < -0.4 is 0 Å². The number of carboxylic acid groups (broad SMARTS) is 1. The largest absolute Gasteiger partial charge is 0.481 e. The van der Waals surface area contributed by atoms with Crippen LogP contribution in [0.2, 0.25) is 0 Å². The van der Waals surface area contributed by atoms with E-state index in [0.717, 1.165) is 10.0 Å². The summed E-state index contributed by atoms with van der Waals surface area (Å²) in [5.41, 5.74) is 0.934. The fourth-order valence-electron chi connectivity index (χ4n) is 1.68. The summed E-state index contributed by atoms with van der Waals surface area (Å²) in [5.74, 6) is -1.30. The van der Waals surface area contributed by atoms with Crippen LogP contribution in [0.25, 0.3) is 0 Å². The first-order valence-corrected chi connectivity index (χ1v) is 6.20. The van der Waals surface area contributed by atoms with Gasteiger partial charge in [-0.1, -0.05) is 28.1 Å². The maximum atomic E-state index is 11.3. The molecule has 0 amide bonds. The zero-order chi connectivity index (χ0) is 13.0. The summed E-state index contributed by atoms with van der Waals surface area (Å²) >= 11 is 3.37. The Hall–Kier alpha value is -1.75. The molecule has 0 radical (unpaired) electrons. The molecule has 1 unspecified atom stereocenters. The van der Waals surface area contributed by atoms with Gasteiger partial charge in [0.05, 0.1) is 0 Å². The number of carbonyl (C=O) groups is 1.